The van der Waals surface area contributed by atoms with E-state index < -0.39 is 0 Å². The van der Waals surface area contributed by atoms with Gasteiger partial charge in [-0.3, -0.25) is 9.48 Å². The summed E-state index contributed by atoms with van der Waals surface area (Å²) in [4.78, 5) is 14.7. The number of carbonyl (C=O) groups is 1. The fourth-order valence-corrected chi connectivity index (χ4v) is 3.58. The van der Waals surface area contributed by atoms with Crippen molar-refractivity contribution in [3.05, 3.63) is 39.8 Å². The van der Waals surface area contributed by atoms with Gasteiger partial charge >= 0.3 is 0 Å². The molecule has 2 N–H and O–H groups in total. The van der Waals surface area contributed by atoms with Crippen LogP contribution in [0.2, 0.25) is 0 Å². The molecule has 1 fully saturated rings. The van der Waals surface area contributed by atoms with E-state index in [0.717, 1.165) is 32.4 Å². The molecule has 1 amide bonds. The van der Waals surface area contributed by atoms with Gasteiger partial charge in [0.25, 0.3) is 5.91 Å². The van der Waals surface area contributed by atoms with Crippen LogP contribution >= 0.6 is 11.3 Å². The zero-order chi connectivity index (χ0) is 15.4. The number of nitrogens with one attached hydrogen (secondary N) is 2. The predicted octanol–water partition coefficient (Wildman–Crippen LogP) is 2.36. The van der Waals surface area contributed by atoms with Crippen LogP contribution < -0.4 is 10.6 Å². The van der Waals surface area contributed by atoms with Crippen LogP contribution in [0.4, 0.5) is 0 Å². The number of aromatic nitrogens is 2. The van der Waals surface area contributed by atoms with E-state index >= 15 is 0 Å². The minimum atomic E-state index is -0.103. The summed E-state index contributed by atoms with van der Waals surface area (Å²) in [6.45, 7) is 4.71. The van der Waals surface area contributed by atoms with E-state index in [1.54, 1.807) is 17.4 Å². The molecule has 0 spiro atoms. The van der Waals surface area contributed by atoms with E-state index in [4.69, 9.17) is 0 Å². The molecule has 0 radical (unpaired) electrons. The van der Waals surface area contributed by atoms with Crippen molar-refractivity contribution in [3.8, 4) is 0 Å². The summed E-state index contributed by atoms with van der Waals surface area (Å²) in [7, 11) is 0. The number of hydrogen-bond acceptors (Lipinski definition) is 4. The molecule has 5 nitrogen and oxygen atoms in total. The van der Waals surface area contributed by atoms with Crippen molar-refractivity contribution < 1.29 is 4.79 Å². The van der Waals surface area contributed by atoms with Gasteiger partial charge in [0.2, 0.25) is 0 Å². The molecular formula is C16H22N4OS. The lowest BCUT2D eigenvalue weighted by atomic mass is 10.1. The quantitative estimate of drug-likeness (QED) is 0.890. The average molecular weight is 318 g/mol. The second-order valence-electron chi connectivity index (χ2n) is 5.59. The molecule has 1 aliphatic rings. The summed E-state index contributed by atoms with van der Waals surface area (Å²) in [5, 5.41) is 10.8. The van der Waals surface area contributed by atoms with E-state index in [1.165, 1.54) is 9.75 Å². The molecule has 1 atom stereocenters. The Labute approximate surface area is 134 Å². The smallest absolute Gasteiger partial charge is 0.272 e. The topological polar surface area (TPSA) is 59.0 Å². The Morgan fingerprint density at radius 3 is 3.05 bits per heavy atom. The van der Waals surface area contributed by atoms with E-state index in [2.05, 4.69) is 34.8 Å². The first-order chi connectivity index (χ1) is 10.8. The van der Waals surface area contributed by atoms with Gasteiger partial charge in [0.05, 0.1) is 12.6 Å². The van der Waals surface area contributed by atoms with Crippen molar-refractivity contribution in [1.82, 2.24) is 20.4 Å². The number of thiophene rings is 1. The third-order valence-corrected chi connectivity index (χ3v) is 5.20. The van der Waals surface area contributed by atoms with Crippen molar-refractivity contribution in [2.75, 3.05) is 13.1 Å². The number of amides is 1. The standard InChI is InChI=1S/C16H22N4OS/c1-2-13-5-6-14(22-13)11-18-16(21)15-7-9-20(19-15)12-4-3-8-17-10-12/h5-7,9,12,17H,2-4,8,10-11H2,1H3,(H,18,21). The molecule has 0 saturated carbocycles. The van der Waals surface area contributed by atoms with Crippen molar-refractivity contribution in [2.24, 2.45) is 0 Å². The Hall–Kier alpha value is -1.66. The molecule has 2 aromatic heterocycles. The van der Waals surface area contributed by atoms with Crippen molar-refractivity contribution in [2.45, 2.75) is 38.8 Å². The lowest BCUT2D eigenvalue weighted by molar-refractivity contribution is 0.0945. The Morgan fingerprint density at radius 2 is 2.32 bits per heavy atom. The van der Waals surface area contributed by atoms with Gasteiger partial charge in [-0.15, -0.1) is 11.3 Å². The predicted molar refractivity (Wildman–Crippen MR) is 88.2 cm³/mol. The summed E-state index contributed by atoms with van der Waals surface area (Å²) in [6, 6.07) is 6.36. The third kappa shape index (κ3) is 3.56. The second kappa shape index (κ2) is 7.07. The molecule has 3 heterocycles. The summed E-state index contributed by atoms with van der Waals surface area (Å²) >= 11 is 1.75. The molecule has 1 unspecified atom stereocenters. The highest BCUT2D eigenvalue weighted by atomic mass is 32.1. The molecule has 118 valence electrons. The van der Waals surface area contributed by atoms with Crippen molar-refractivity contribution >= 4 is 17.2 Å². The average Bonchev–Trinajstić information content (AvgIpc) is 3.22. The monoisotopic (exact) mass is 318 g/mol. The first-order valence-electron chi connectivity index (χ1n) is 7.88. The summed E-state index contributed by atoms with van der Waals surface area (Å²) in [5.41, 5.74) is 0.498. The molecule has 3 rings (SSSR count). The van der Waals surface area contributed by atoms with Gasteiger partial charge in [0.15, 0.2) is 0 Å². The summed E-state index contributed by atoms with van der Waals surface area (Å²) < 4.78 is 1.92. The van der Waals surface area contributed by atoms with Crippen LogP contribution in [0.15, 0.2) is 24.4 Å². The highest BCUT2D eigenvalue weighted by Gasteiger charge is 2.17. The molecule has 22 heavy (non-hydrogen) atoms. The van der Waals surface area contributed by atoms with E-state index in [1.807, 2.05) is 10.9 Å². The van der Waals surface area contributed by atoms with Gasteiger partial charge < -0.3 is 10.6 Å². The maximum Gasteiger partial charge on any atom is 0.272 e. The maximum atomic E-state index is 12.2. The molecule has 0 bridgehead atoms. The van der Waals surface area contributed by atoms with Gasteiger partial charge in [-0.2, -0.15) is 5.10 Å². The number of hydrogen-bond donors (Lipinski definition) is 2. The first-order valence-corrected chi connectivity index (χ1v) is 8.69. The molecule has 0 aromatic carbocycles. The number of carbonyl (C=O) groups excluding carboxylic acids is 1. The lowest BCUT2D eigenvalue weighted by Gasteiger charge is -2.22. The maximum absolute atomic E-state index is 12.2. The first kappa shape index (κ1) is 15.2. The minimum Gasteiger partial charge on any atom is -0.346 e. The highest BCUT2D eigenvalue weighted by Crippen LogP contribution is 2.17. The zero-order valence-corrected chi connectivity index (χ0v) is 13.7. The molecule has 1 saturated heterocycles. The van der Waals surface area contributed by atoms with Gasteiger partial charge in [0.1, 0.15) is 5.69 Å². The van der Waals surface area contributed by atoms with Crippen LogP contribution in [0, 0.1) is 0 Å². The van der Waals surface area contributed by atoms with Gasteiger partial charge in [-0.25, -0.2) is 0 Å². The fraction of sp³-hybridized carbons (Fsp3) is 0.500. The van der Waals surface area contributed by atoms with Crippen LogP contribution in [0.1, 0.15) is 46.0 Å². The van der Waals surface area contributed by atoms with Crippen LogP contribution in [-0.4, -0.2) is 28.8 Å². The second-order valence-corrected chi connectivity index (χ2v) is 6.84. The Bertz CT molecular complexity index is 628. The van der Waals surface area contributed by atoms with Crippen molar-refractivity contribution in [1.29, 1.82) is 0 Å². The molecule has 6 heteroatoms. The number of piperidine rings is 1. The Balaban J connectivity index is 1.56. The summed E-state index contributed by atoms with van der Waals surface area (Å²) in [6.07, 6.45) is 5.22. The number of aryl methyl sites for hydroxylation is 1. The van der Waals surface area contributed by atoms with Crippen LogP contribution in [0.3, 0.4) is 0 Å². The van der Waals surface area contributed by atoms with E-state index in [0.29, 0.717) is 18.3 Å². The highest BCUT2D eigenvalue weighted by molar-refractivity contribution is 7.11. The van der Waals surface area contributed by atoms with Gasteiger partial charge in [-0.1, -0.05) is 6.92 Å². The van der Waals surface area contributed by atoms with Gasteiger partial charge in [-0.05, 0) is 44.0 Å². The van der Waals surface area contributed by atoms with E-state index in [-0.39, 0.29) is 5.91 Å². The number of nitrogens with zero attached hydrogens (tertiary/aromatic N) is 2. The molecule has 2 aromatic rings. The molecular weight excluding hydrogens is 296 g/mol. The van der Waals surface area contributed by atoms with Crippen LogP contribution in [0.25, 0.3) is 0 Å². The molecule has 0 aliphatic carbocycles. The van der Waals surface area contributed by atoms with E-state index in [9.17, 15) is 4.79 Å². The SMILES string of the molecule is CCc1ccc(CNC(=O)c2ccn(C3CCCNC3)n2)s1. The fourth-order valence-electron chi connectivity index (χ4n) is 2.69. The zero-order valence-electron chi connectivity index (χ0n) is 12.8. The number of rotatable bonds is 5. The van der Waals surface area contributed by atoms with Crippen LogP contribution in [0.5, 0.6) is 0 Å². The molecule has 1 aliphatic heterocycles. The lowest BCUT2D eigenvalue weighted by Crippen LogP contribution is -2.32. The summed E-state index contributed by atoms with van der Waals surface area (Å²) in [5.74, 6) is -0.103. The Kier molecular flexibility index (Phi) is 4.90. The normalized spacial score (nSPS) is 18.3. The Morgan fingerprint density at radius 1 is 1.45 bits per heavy atom. The minimum absolute atomic E-state index is 0.103. The largest absolute Gasteiger partial charge is 0.346 e. The third-order valence-electron chi connectivity index (χ3n) is 3.97. The van der Waals surface area contributed by atoms with Crippen molar-refractivity contribution in [3.63, 3.8) is 0 Å². The van der Waals surface area contributed by atoms with Crippen LogP contribution in [-0.2, 0) is 13.0 Å². The van der Waals surface area contributed by atoms with Gasteiger partial charge in [0, 0.05) is 22.5 Å².